The van der Waals surface area contributed by atoms with Crippen molar-refractivity contribution in [2.75, 3.05) is 0 Å². The molecule has 0 atom stereocenters. The predicted molar refractivity (Wildman–Crippen MR) is 76.4 cm³/mol. The second-order valence-electron chi connectivity index (χ2n) is 4.51. The van der Waals surface area contributed by atoms with E-state index in [1.54, 1.807) is 36.9 Å². The Labute approximate surface area is 123 Å². The SMILES string of the molecule is Cc1cc(=O)n2nc(COC(=O)c3cccn3C)sc2n1. The molecule has 108 valence electrons. The number of rotatable bonds is 3. The van der Waals surface area contributed by atoms with Crippen molar-refractivity contribution in [3.63, 3.8) is 0 Å². The van der Waals surface area contributed by atoms with Gasteiger partial charge in [-0.1, -0.05) is 11.3 Å². The van der Waals surface area contributed by atoms with Gasteiger partial charge in [-0.3, -0.25) is 4.79 Å². The quantitative estimate of drug-likeness (QED) is 0.678. The van der Waals surface area contributed by atoms with Gasteiger partial charge in [-0.25, -0.2) is 9.78 Å². The molecule has 0 spiro atoms. The highest BCUT2D eigenvalue weighted by molar-refractivity contribution is 7.16. The molecule has 3 aromatic heterocycles. The van der Waals surface area contributed by atoms with Gasteiger partial charge < -0.3 is 9.30 Å². The Morgan fingerprint density at radius 2 is 2.29 bits per heavy atom. The van der Waals surface area contributed by atoms with Gasteiger partial charge in [-0.15, -0.1) is 0 Å². The van der Waals surface area contributed by atoms with E-state index in [4.69, 9.17) is 4.74 Å². The van der Waals surface area contributed by atoms with E-state index in [0.29, 0.717) is 21.4 Å². The second-order valence-corrected chi connectivity index (χ2v) is 5.55. The minimum absolute atomic E-state index is 0.0104. The summed E-state index contributed by atoms with van der Waals surface area (Å²) in [6.07, 6.45) is 1.76. The minimum atomic E-state index is -0.432. The number of aryl methyl sites for hydroxylation is 2. The predicted octanol–water partition coefficient (Wildman–Crippen LogP) is 1.15. The lowest BCUT2D eigenvalue weighted by molar-refractivity contribution is 0.0460. The second kappa shape index (κ2) is 5.13. The molecular formula is C13H12N4O3S. The van der Waals surface area contributed by atoms with E-state index in [1.807, 2.05) is 0 Å². The summed E-state index contributed by atoms with van der Waals surface area (Å²) in [4.78, 5) is 28.3. The minimum Gasteiger partial charge on any atom is -0.454 e. The molecule has 21 heavy (non-hydrogen) atoms. The molecule has 3 heterocycles. The first-order valence-electron chi connectivity index (χ1n) is 6.19. The van der Waals surface area contributed by atoms with Gasteiger partial charge in [0.2, 0.25) is 4.96 Å². The fourth-order valence-corrected chi connectivity index (χ4v) is 2.75. The van der Waals surface area contributed by atoms with E-state index < -0.39 is 5.97 Å². The molecule has 0 radical (unpaired) electrons. The van der Waals surface area contributed by atoms with Crippen LogP contribution in [0.25, 0.3) is 4.96 Å². The highest BCUT2D eigenvalue weighted by Crippen LogP contribution is 2.13. The highest BCUT2D eigenvalue weighted by atomic mass is 32.1. The third-order valence-corrected chi connectivity index (χ3v) is 3.78. The van der Waals surface area contributed by atoms with Gasteiger partial charge in [-0.05, 0) is 19.1 Å². The Morgan fingerprint density at radius 1 is 1.48 bits per heavy atom. The van der Waals surface area contributed by atoms with Crippen LogP contribution in [0.3, 0.4) is 0 Å². The molecule has 8 heteroatoms. The Bertz CT molecular complexity index is 877. The first kappa shape index (κ1) is 13.5. The van der Waals surface area contributed by atoms with E-state index >= 15 is 0 Å². The number of hydrogen-bond donors (Lipinski definition) is 0. The molecule has 3 rings (SSSR count). The summed E-state index contributed by atoms with van der Waals surface area (Å²) in [6, 6.07) is 4.85. The van der Waals surface area contributed by atoms with Crippen molar-refractivity contribution >= 4 is 22.3 Å². The Kier molecular flexibility index (Phi) is 3.30. The number of hydrogen-bond acceptors (Lipinski definition) is 6. The molecule has 0 saturated heterocycles. The molecule has 0 saturated carbocycles. The number of aromatic nitrogens is 4. The molecule has 0 aliphatic heterocycles. The average molecular weight is 304 g/mol. The van der Waals surface area contributed by atoms with E-state index in [2.05, 4.69) is 10.1 Å². The summed E-state index contributed by atoms with van der Waals surface area (Å²) in [5.74, 6) is -0.432. The zero-order valence-electron chi connectivity index (χ0n) is 11.4. The molecule has 0 aliphatic carbocycles. The van der Waals surface area contributed by atoms with E-state index in [0.717, 1.165) is 0 Å². The van der Waals surface area contributed by atoms with Crippen molar-refractivity contribution in [2.45, 2.75) is 13.5 Å². The van der Waals surface area contributed by atoms with Gasteiger partial charge in [0.05, 0.1) is 0 Å². The van der Waals surface area contributed by atoms with Crippen molar-refractivity contribution < 1.29 is 9.53 Å². The van der Waals surface area contributed by atoms with Gasteiger partial charge in [0.25, 0.3) is 5.56 Å². The van der Waals surface area contributed by atoms with Crippen LogP contribution in [0.5, 0.6) is 0 Å². The number of fused-ring (bicyclic) bond motifs is 1. The van der Waals surface area contributed by atoms with Gasteiger partial charge in [0.1, 0.15) is 12.3 Å². The smallest absolute Gasteiger partial charge is 0.355 e. The van der Waals surface area contributed by atoms with Crippen LogP contribution in [0.4, 0.5) is 0 Å². The topological polar surface area (TPSA) is 78.5 Å². The number of carbonyl (C=O) groups excluding carboxylic acids is 1. The lowest BCUT2D eigenvalue weighted by Gasteiger charge is -2.02. The van der Waals surface area contributed by atoms with Gasteiger partial charge in [0.15, 0.2) is 5.01 Å². The van der Waals surface area contributed by atoms with Crippen LogP contribution in [0.1, 0.15) is 21.2 Å². The lowest BCUT2D eigenvalue weighted by atomic mass is 10.4. The zero-order valence-corrected chi connectivity index (χ0v) is 12.3. The maximum atomic E-state index is 11.9. The van der Waals surface area contributed by atoms with Crippen molar-refractivity contribution in [3.05, 3.63) is 51.1 Å². The Hall–Kier alpha value is -2.48. The molecule has 7 nitrogen and oxygen atoms in total. The van der Waals surface area contributed by atoms with Crippen LogP contribution in [-0.2, 0) is 18.4 Å². The molecule has 0 unspecified atom stereocenters. The summed E-state index contributed by atoms with van der Waals surface area (Å²) in [5.41, 5.74) is 0.854. The molecular weight excluding hydrogens is 292 g/mol. The average Bonchev–Trinajstić information content (AvgIpc) is 3.02. The summed E-state index contributed by atoms with van der Waals surface area (Å²) in [7, 11) is 1.76. The van der Waals surface area contributed by atoms with Crippen LogP contribution >= 0.6 is 11.3 Å². The summed E-state index contributed by atoms with van der Waals surface area (Å²) in [5, 5.41) is 4.63. The molecule has 0 N–H and O–H groups in total. The lowest BCUT2D eigenvalue weighted by Crippen LogP contribution is -2.14. The standard InChI is InChI=1S/C13H12N4O3S/c1-8-6-11(18)17-13(14-8)21-10(15-17)7-20-12(19)9-4-3-5-16(9)2/h3-6H,7H2,1-2H3. The van der Waals surface area contributed by atoms with Crippen molar-refractivity contribution in [2.24, 2.45) is 7.05 Å². The first-order chi connectivity index (χ1) is 10.0. The van der Waals surface area contributed by atoms with E-state index in [1.165, 1.54) is 21.9 Å². The number of carbonyl (C=O) groups is 1. The fraction of sp³-hybridized carbons (Fsp3) is 0.231. The van der Waals surface area contributed by atoms with E-state index in [-0.39, 0.29) is 12.2 Å². The molecule has 3 aromatic rings. The van der Waals surface area contributed by atoms with Crippen LogP contribution in [-0.4, -0.2) is 25.1 Å². The molecule has 0 aromatic carbocycles. The first-order valence-corrected chi connectivity index (χ1v) is 7.01. The number of nitrogens with zero attached hydrogens (tertiary/aromatic N) is 4. The van der Waals surface area contributed by atoms with Gasteiger partial charge in [-0.2, -0.15) is 9.61 Å². The molecule has 0 aliphatic rings. The van der Waals surface area contributed by atoms with Crippen molar-refractivity contribution in [3.8, 4) is 0 Å². The Balaban J connectivity index is 1.80. The third-order valence-electron chi connectivity index (χ3n) is 2.89. The van der Waals surface area contributed by atoms with Crippen LogP contribution in [0, 0.1) is 6.92 Å². The molecule has 0 fully saturated rings. The van der Waals surface area contributed by atoms with Crippen LogP contribution in [0.2, 0.25) is 0 Å². The summed E-state index contributed by atoms with van der Waals surface area (Å²) in [6.45, 7) is 1.76. The van der Waals surface area contributed by atoms with E-state index in [9.17, 15) is 9.59 Å². The van der Waals surface area contributed by atoms with Crippen LogP contribution < -0.4 is 5.56 Å². The Morgan fingerprint density at radius 3 is 3.00 bits per heavy atom. The van der Waals surface area contributed by atoms with Crippen molar-refractivity contribution in [1.29, 1.82) is 0 Å². The fourth-order valence-electron chi connectivity index (χ4n) is 1.89. The van der Waals surface area contributed by atoms with Gasteiger partial charge >= 0.3 is 5.97 Å². The summed E-state index contributed by atoms with van der Waals surface area (Å²) >= 11 is 1.23. The monoisotopic (exact) mass is 304 g/mol. The highest BCUT2D eigenvalue weighted by Gasteiger charge is 2.13. The third kappa shape index (κ3) is 2.57. The maximum Gasteiger partial charge on any atom is 0.355 e. The largest absolute Gasteiger partial charge is 0.454 e. The normalized spacial score (nSPS) is 11.0. The molecule has 0 amide bonds. The van der Waals surface area contributed by atoms with Gasteiger partial charge in [0, 0.05) is 25.0 Å². The number of ether oxygens (including phenoxy) is 1. The zero-order chi connectivity index (χ0) is 15.0. The maximum absolute atomic E-state index is 11.9. The molecule has 0 bridgehead atoms. The summed E-state index contributed by atoms with van der Waals surface area (Å²) < 4.78 is 8.09. The van der Waals surface area contributed by atoms with Crippen LogP contribution in [0.15, 0.2) is 29.2 Å². The van der Waals surface area contributed by atoms with Crippen molar-refractivity contribution in [1.82, 2.24) is 19.2 Å². The number of esters is 1.